The van der Waals surface area contributed by atoms with Crippen molar-refractivity contribution in [2.24, 2.45) is 5.73 Å². The number of hydrogen-bond acceptors (Lipinski definition) is 5. The van der Waals surface area contributed by atoms with Crippen LogP contribution < -0.4 is 11.1 Å². The number of aromatic nitrogens is 3. The molecule has 2 aromatic carbocycles. The van der Waals surface area contributed by atoms with Gasteiger partial charge in [0.1, 0.15) is 5.82 Å². The highest BCUT2D eigenvalue weighted by molar-refractivity contribution is 5.85. The van der Waals surface area contributed by atoms with Crippen molar-refractivity contribution < 1.29 is 4.39 Å². The first-order valence-electron chi connectivity index (χ1n) is 11.1. The Labute approximate surface area is 207 Å². The van der Waals surface area contributed by atoms with Gasteiger partial charge < -0.3 is 11.1 Å². The van der Waals surface area contributed by atoms with E-state index in [-0.39, 0.29) is 18.2 Å². The normalized spacial score (nSPS) is 10.1. The Kier molecular flexibility index (Phi) is 11.1. The Bertz CT molecular complexity index is 1100. The molecule has 4 rings (SSSR count). The quantitative estimate of drug-likeness (QED) is 0.310. The van der Waals surface area contributed by atoms with Crippen LogP contribution in [0.3, 0.4) is 0 Å². The van der Waals surface area contributed by atoms with Crippen LogP contribution in [-0.4, -0.2) is 27.5 Å². The molecule has 0 amide bonds. The van der Waals surface area contributed by atoms with Gasteiger partial charge in [-0.05, 0) is 54.3 Å². The zero-order valence-corrected chi connectivity index (χ0v) is 20.3. The molecule has 0 radical (unpaired) electrons. The smallest absolute Gasteiger partial charge is 0.223 e. The van der Waals surface area contributed by atoms with Gasteiger partial charge in [-0.2, -0.15) is 0 Å². The van der Waals surface area contributed by atoms with E-state index in [0.717, 1.165) is 41.8 Å². The van der Waals surface area contributed by atoms with Crippen LogP contribution in [0.5, 0.6) is 0 Å². The van der Waals surface area contributed by atoms with E-state index in [2.05, 4.69) is 39.6 Å². The van der Waals surface area contributed by atoms with Gasteiger partial charge in [-0.15, -0.1) is 12.4 Å². The Hall–Kier alpha value is -3.35. The predicted molar refractivity (Wildman–Crippen MR) is 140 cm³/mol. The van der Waals surface area contributed by atoms with E-state index in [9.17, 15) is 4.39 Å². The molecule has 34 heavy (non-hydrogen) atoms. The fourth-order valence-electron chi connectivity index (χ4n) is 3.17. The minimum Gasteiger partial charge on any atom is -0.354 e. The van der Waals surface area contributed by atoms with Gasteiger partial charge in [0.2, 0.25) is 5.95 Å². The van der Waals surface area contributed by atoms with E-state index in [1.165, 1.54) is 17.7 Å². The molecule has 178 valence electrons. The molecule has 0 atom stereocenters. The minimum absolute atomic E-state index is 0. The third-order valence-electron chi connectivity index (χ3n) is 4.67. The summed E-state index contributed by atoms with van der Waals surface area (Å²) in [4.78, 5) is 13.3. The summed E-state index contributed by atoms with van der Waals surface area (Å²) < 4.78 is 13.3. The topological polar surface area (TPSA) is 76.7 Å². The summed E-state index contributed by atoms with van der Waals surface area (Å²) in [6.07, 6.45) is 7.24. The van der Waals surface area contributed by atoms with Crippen LogP contribution in [0.4, 0.5) is 10.3 Å². The third kappa shape index (κ3) is 8.54. The lowest BCUT2D eigenvalue weighted by Gasteiger charge is -2.12. The van der Waals surface area contributed by atoms with Gasteiger partial charge in [-0.1, -0.05) is 56.3 Å². The molecule has 0 unspecified atom stereocenters. The lowest BCUT2D eigenvalue weighted by Crippen LogP contribution is -2.07. The first-order valence-corrected chi connectivity index (χ1v) is 11.1. The SMILES string of the molecule is CC(C)N.Cl.Fc1ccc(-c2cnc(NCCCc3ccccc3)nc2-c2ccncc2)cc1. The van der Waals surface area contributed by atoms with Crippen molar-refractivity contribution in [3.63, 3.8) is 0 Å². The molecule has 2 heterocycles. The number of rotatable bonds is 7. The van der Waals surface area contributed by atoms with Crippen LogP contribution in [0.25, 0.3) is 22.4 Å². The second kappa shape index (κ2) is 14.0. The van der Waals surface area contributed by atoms with Gasteiger partial charge in [0.15, 0.2) is 0 Å². The van der Waals surface area contributed by atoms with E-state index in [1.54, 1.807) is 30.7 Å². The maximum atomic E-state index is 13.3. The van der Waals surface area contributed by atoms with E-state index < -0.39 is 0 Å². The van der Waals surface area contributed by atoms with Crippen molar-refractivity contribution in [2.45, 2.75) is 32.7 Å². The van der Waals surface area contributed by atoms with Gasteiger partial charge >= 0.3 is 0 Å². The first kappa shape index (κ1) is 26.9. The Morgan fingerprint density at radius 1 is 0.912 bits per heavy atom. The zero-order valence-electron chi connectivity index (χ0n) is 19.5. The molecule has 0 spiro atoms. The maximum Gasteiger partial charge on any atom is 0.223 e. The van der Waals surface area contributed by atoms with Gasteiger partial charge in [-0.3, -0.25) is 4.98 Å². The number of hydrogen-bond donors (Lipinski definition) is 2. The first-order chi connectivity index (χ1) is 16.0. The molecule has 4 aromatic rings. The summed E-state index contributed by atoms with van der Waals surface area (Å²) in [6.45, 7) is 4.67. The van der Waals surface area contributed by atoms with Crippen LogP contribution in [0.1, 0.15) is 25.8 Å². The van der Waals surface area contributed by atoms with E-state index in [1.807, 2.05) is 32.0 Å². The lowest BCUT2D eigenvalue weighted by molar-refractivity contribution is 0.628. The second-order valence-electron chi connectivity index (χ2n) is 7.96. The highest BCUT2D eigenvalue weighted by atomic mass is 35.5. The molecule has 0 saturated carbocycles. The van der Waals surface area contributed by atoms with Crippen LogP contribution >= 0.6 is 12.4 Å². The number of nitrogens with zero attached hydrogens (tertiary/aromatic N) is 3. The predicted octanol–water partition coefficient (Wildman–Crippen LogP) is 6.16. The largest absolute Gasteiger partial charge is 0.354 e. The van der Waals surface area contributed by atoms with Gasteiger partial charge in [-0.25, -0.2) is 14.4 Å². The lowest BCUT2D eigenvalue weighted by atomic mass is 10.0. The number of pyridine rings is 1. The molecular formula is C27H31ClFN5. The minimum atomic E-state index is -0.267. The number of nitrogens with one attached hydrogen (secondary N) is 1. The Balaban J connectivity index is 0.000000758. The molecule has 0 aliphatic carbocycles. The van der Waals surface area contributed by atoms with E-state index in [4.69, 9.17) is 10.7 Å². The van der Waals surface area contributed by atoms with Gasteiger partial charge in [0, 0.05) is 36.3 Å². The number of benzene rings is 2. The van der Waals surface area contributed by atoms with Crippen molar-refractivity contribution in [3.05, 3.63) is 96.7 Å². The van der Waals surface area contributed by atoms with Crippen LogP contribution in [-0.2, 0) is 6.42 Å². The maximum absolute atomic E-state index is 13.3. The van der Waals surface area contributed by atoms with E-state index in [0.29, 0.717) is 12.0 Å². The second-order valence-corrected chi connectivity index (χ2v) is 7.96. The van der Waals surface area contributed by atoms with Crippen molar-refractivity contribution in [1.29, 1.82) is 0 Å². The van der Waals surface area contributed by atoms with Crippen molar-refractivity contribution in [3.8, 4) is 22.4 Å². The average molecular weight is 480 g/mol. The zero-order chi connectivity index (χ0) is 23.5. The molecule has 0 saturated heterocycles. The number of nitrogens with two attached hydrogens (primary N) is 1. The van der Waals surface area contributed by atoms with Crippen LogP contribution in [0, 0.1) is 5.82 Å². The fourth-order valence-corrected chi connectivity index (χ4v) is 3.17. The molecule has 2 aromatic heterocycles. The summed E-state index contributed by atoms with van der Waals surface area (Å²) in [7, 11) is 0. The third-order valence-corrected chi connectivity index (χ3v) is 4.67. The number of anilines is 1. The summed E-state index contributed by atoms with van der Waals surface area (Å²) in [5.41, 5.74) is 9.88. The summed E-state index contributed by atoms with van der Waals surface area (Å²) in [6, 6.07) is 20.9. The summed E-state index contributed by atoms with van der Waals surface area (Å²) in [5, 5.41) is 3.32. The van der Waals surface area contributed by atoms with Gasteiger partial charge in [0.25, 0.3) is 0 Å². The molecule has 3 N–H and O–H groups in total. The Morgan fingerprint density at radius 2 is 1.56 bits per heavy atom. The van der Waals surface area contributed by atoms with Crippen molar-refractivity contribution in [1.82, 2.24) is 15.0 Å². The molecule has 5 nitrogen and oxygen atoms in total. The summed E-state index contributed by atoms with van der Waals surface area (Å²) in [5.74, 6) is 0.313. The van der Waals surface area contributed by atoms with Crippen LogP contribution in [0.15, 0.2) is 85.3 Å². The van der Waals surface area contributed by atoms with Crippen LogP contribution in [0.2, 0.25) is 0 Å². The number of halogens is 2. The summed E-state index contributed by atoms with van der Waals surface area (Å²) >= 11 is 0. The molecule has 0 aliphatic rings. The molecular weight excluding hydrogens is 449 g/mol. The monoisotopic (exact) mass is 479 g/mol. The van der Waals surface area contributed by atoms with Gasteiger partial charge in [0.05, 0.1) is 5.69 Å². The van der Waals surface area contributed by atoms with Crippen molar-refractivity contribution >= 4 is 18.4 Å². The Morgan fingerprint density at radius 3 is 2.21 bits per heavy atom. The highest BCUT2D eigenvalue weighted by Crippen LogP contribution is 2.30. The molecule has 0 fully saturated rings. The highest BCUT2D eigenvalue weighted by Gasteiger charge is 2.12. The number of aryl methyl sites for hydroxylation is 1. The average Bonchev–Trinajstić information content (AvgIpc) is 2.83. The molecule has 0 aliphatic heterocycles. The molecule has 7 heteroatoms. The van der Waals surface area contributed by atoms with E-state index >= 15 is 0 Å². The van der Waals surface area contributed by atoms with Crippen molar-refractivity contribution in [2.75, 3.05) is 11.9 Å². The fraction of sp³-hybridized carbons (Fsp3) is 0.222. The molecule has 0 bridgehead atoms. The standard InChI is InChI=1S/C24H21FN4.C3H9N.ClH/c25-21-10-8-19(9-11-21)22-17-28-24(29-23(22)20-12-15-26-16-13-20)27-14-4-7-18-5-2-1-3-6-18;1-3(2)4;/h1-3,5-6,8-13,15-17H,4,7,14H2,(H,27,28,29);3H,4H2,1-2H3;1H.